The number of hydrogen-bond acceptors (Lipinski definition) is 2. The highest BCUT2D eigenvalue weighted by Crippen LogP contribution is 2.25. The monoisotopic (exact) mass is 183 g/mol. The van der Waals surface area contributed by atoms with E-state index in [0.29, 0.717) is 4.91 Å². The minimum Gasteiger partial charge on any atom is -0.394 e. The van der Waals surface area contributed by atoms with Gasteiger partial charge in [-0.3, -0.25) is 0 Å². The molecule has 0 aromatic heterocycles. The number of halogens is 3. The van der Waals surface area contributed by atoms with Gasteiger partial charge in [0.1, 0.15) is 5.70 Å². The summed E-state index contributed by atoms with van der Waals surface area (Å²) in [5.41, 5.74) is 3.58. The Labute approximate surface area is 67.1 Å². The maximum atomic E-state index is 11.7. The van der Waals surface area contributed by atoms with Crippen molar-refractivity contribution in [3.8, 4) is 0 Å². The molecule has 1 nitrogen and oxygen atoms in total. The van der Waals surface area contributed by atoms with Crippen molar-refractivity contribution in [3.05, 3.63) is 22.6 Å². The summed E-state index contributed by atoms with van der Waals surface area (Å²) in [6.07, 6.45) is -4.43. The first-order valence-corrected chi connectivity index (χ1v) is 3.57. The molecule has 0 spiro atoms. The second-order valence-corrected chi connectivity index (χ2v) is 3.06. The van der Waals surface area contributed by atoms with Gasteiger partial charge in [0.2, 0.25) is 0 Å². The third-order valence-electron chi connectivity index (χ3n) is 0.714. The van der Waals surface area contributed by atoms with Crippen LogP contribution in [0.2, 0.25) is 0 Å². The Morgan fingerprint density at radius 1 is 1.55 bits per heavy atom. The zero-order chi connectivity index (χ0) is 9.07. The van der Waals surface area contributed by atoms with Crippen molar-refractivity contribution < 1.29 is 13.2 Å². The second kappa shape index (κ2) is 3.71. The summed E-state index contributed by atoms with van der Waals surface area (Å²) in [4.78, 5) is 0.567. The maximum absolute atomic E-state index is 11.7. The highest BCUT2D eigenvalue weighted by atomic mass is 32.2. The molecule has 11 heavy (non-hydrogen) atoms. The minimum atomic E-state index is -4.43. The Balaban J connectivity index is 4.12. The standard InChI is InChI=1S/C6H8F3NS/c1-4(2)11-3-5(10)6(7,8)9/h3H,1,10H2,2H3/b5-3-. The first-order chi connectivity index (χ1) is 4.84. The summed E-state index contributed by atoms with van der Waals surface area (Å²) < 4.78 is 35.0. The zero-order valence-electron chi connectivity index (χ0n) is 5.90. The molecule has 0 unspecified atom stereocenters. The van der Waals surface area contributed by atoms with Gasteiger partial charge in [-0.25, -0.2) is 0 Å². The topological polar surface area (TPSA) is 26.0 Å². The van der Waals surface area contributed by atoms with Crippen LogP contribution in [0.4, 0.5) is 13.2 Å². The Morgan fingerprint density at radius 3 is 2.27 bits per heavy atom. The van der Waals surface area contributed by atoms with E-state index in [1.54, 1.807) is 6.92 Å². The van der Waals surface area contributed by atoms with Crippen LogP contribution in [0.15, 0.2) is 22.6 Å². The number of hydrogen-bond donors (Lipinski definition) is 1. The Morgan fingerprint density at radius 2 is 2.00 bits per heavy atom. The van der Waals surface area contributed by atoms with Crippen molar-refractivity contribution in [1.29, 1.82) is 0 Å². The Bertz CT molecular complexity index is 183. The van der Waals surface area contributed by atoms with Crippen LogP contribution in [0.5, 0.6) is 0 Å². The van der Waals surface area contributed by atoms with Gasteiger partial charge in [-0.1, -0.05) is 6.58 Å². The summed E-state index contributed by atoms with van der Waals surface area (Å²) >= 11 is 0.865. The van der Waals surface area contributed by atoms with Crippen LogP contribution in [0, 0.1) is 0 Å². The number of rotatable bonds is 2. The van der Waals surface area contributed by atoms with E-state index in [1.807, 2.05) is 0 Å². The van der Waals surface area contributed by atoms with E-state index in [-0.39, 0.29) is 0 Å². The molecule has 0 aliphatic rings. The number of allylic oxidation sites excluding steroid dienone is 2. The van der Waals surface area contributed by atoms with Crippen LogP contribution in [-0.4, -0.2) is 6.18 Å². The summed E-state index contributed by atoms with van der Waals surface area (Å²) in [7, 11) is 0. The van der Waals surface area contributed by atoms with Gasteiger partial charge in [0, 0.05) is 5.41 Å². The van der Waals surface area contributed by atoms with Crippen LogP contribution < -0.4 is 5.73 Å². The van der Waals surface area contributed by atoms with Gasteiger partial charge < -0.3 is 5.73 Å². The Kier molecular flexibility index (Phi) is 3.51. The fourth-order valence-electron chi connectivity index (χ4n) is 0.231. The molecule has 0 amide bonds. The molecule has 64 valence electrons. The van der Waals surface area contributed by atoms with Crippen molar-refractivity contribution in [2.75, 3.05) is 0 Å². The van der Waals surface area contributed by atoms with Crippen LogP contribution in [-0.2, 0) is 0 Å². The van der Waals surface area contributed by atoms with Gasteiger partial charge in [-0.05, 0) is 11.8 Å². The van der Waals surface area contributed by atoms with E-state index in [9.17, 15) is 13.2 Å². The van der Waals surface area contributed by atoms with Crippen LogP contribution in [0.1, 0.15) is 6.92 Å². The molecule has 2 N–H and O–H groups in total. The predicted molar refractivity (Wildman–Crippen MR) is 40.7 cm³/mol. The van der Waals surface area contributed by atoms with Crippen LogP contribution in [0.3, 0.4) is 0 Å². The van der Waals surface area contributed by atoms with Gasteiger partial charge in [0.05, 0.1) is 0 Å². The van der Waals surface area contributed by atoms with Gasteiger partial charge >= 0.3 is 6.18 Å². The normalized spacial score (nSPS) is 13.3. The van der Waals surface area contributed by atoms with Gasteiger partial charge in [-0.15, -0.1) is 11.8 Å². The zero-order valence-corrected chi connectivity index (χ0v) is 6.72. The molecule has 0 aliphatic carbocycles. The Hall–Kier alpha value is -0.580. The second-order valence-electron chi connectivity index (χ2n) is 1.89. The summed E-state index contributed by atoms with van der Waals surface area (Å²) in [5.74, 6) is 0. The van der Waals surface area contributed by atoms with Crippen molar-refractivity contribution in [1.82, 2.24) is 0 Å². The molecule has 0 atom stereocenters. The predicted octanol–water partition coefficient (Wildman–Crippen LogP) is 2.62. The summed E-state index contributed by atoms with van der Waals surface area (Å²) in [6.45, 7) is 5.01. The van der Waals surface area contributed by atoms with E-state index in [2.05, 4.69) is 12.3 Å². The fraction of sp³-hybridized carbons (Fsp3) is 0.333. The molecule has 0 rings (SSSR count). The lowest BCUT2D eigenvalue weighted by Gasteiger charge is -2.04. The van der Waals surface area contributed by atoms with Gasteiger partial charge in [-0.2, -0.15) is 13.2 Å². The fourth-order valence-corrected chi connectivity index (χ4v) is 0.693. The van der Waals surface area contributed by atoms with Gasteiger partial charge in [0.15, 0.2) is 0 Å². The van der Waals surface area contributed by atoms with E-state index >= 15 is 0 Å². The van der Waals surface area contributed by atoms with Crippen molar-refractivity contribution in [3.63, 3.8) is 0 Å². The van der Waals surface area contributed by atoms with E-state index in [0.717, 1.165) is 17.2 Å². The molecule has 0 bridgehead atoms. The molecule has 5 heteroatoms. The lowest BCUT2D eigenvalue weighted by molar-refractivity contribution is -0.0924. The third-order valence-corrected chi connectivity index (χ3v) is 1.49. The van der Waals surface area contributed by atoms with Crippen molar-refractivity contribution in [2.24, 2.45) is 5.73 Å². The average Bonchev–Trinajstić information content (AvgIpc) is 1.80. The molecule has 0 saturated heterocycles. The SMILES string of the molecule is C=C(C)S/C=C(\N)C(F)(F)F. The lowest BCUT2D eigenvalue weighted by Crippen LogP contribution is -2.18. The highest BCUT2D eigenvalue weighted by Gasteiger charge is 2.31. The molecule has 0 saturated carbocycles. The highest BCUT2D eigenvalue weighted by molar-refractivity contribution is 8.05. The van der Waals surface area contributed by atoms with Crippen LogP contribution >= 0.6 is 11.8 Å². The summed E-state index contributed by atoms with van der Waals surface area (Å²) in [6, 6.07) is 0. The van der Waals surface area contributed by atoms with E-state index in [4.69, 9.17) is 0 Å². The van der Waals surface area contributed by atoms with Crippen molar-refractivity contribution >= 4 is 11.8 Å². The largest absolute Gasteiger partial charge is 0.431 e. The maximum Gasteiger partial charge on any atom is 0.431 e. The average molecular weight is 183 g/mol. The van der Waals surface area contributed by atoms with E-state index < -0.39 is 11.9 Å². The number of nitrogens with two attached hydrogens (primary N) is 1. The van der Waals surface area contributed by atoms with Gasteiger partial charge in [0.25, 0.3) is 0 Å². The first kappa shape index (κ1) is 10.4. The van der Waals surface area contributed by atoms with Crippen molar-refractivity contribution in [2.45, 2.75) is 13.1 Å². The molecule has 0 heterocycles. The number of thioether (sulfide) groups is 1. The molecular weight excluding hydrogens is 175 g/mol. The molecule has 0 aromatic carbocycles. The van der Waals surface area contributed by atoms with E-state index in [1.165, 1.54) is 0 Å². The minimum absolute atomic E-state index is 0.567. The summed E-state index contributed by atoms with van der Waals surface area (Å²) in [5, 5.41) is 0.836. The molecule has 0 aliphatic heterocycles. The molecule has 0 radical (unpaired) electrons. The number of alkyl halides is 3. The quantitative estimate of drug-likeness (QED) is 0.712. The third kappa shape index (κ3) is 4.78. The smallest absolute Gasteiger partial charge is 0.394 e. The molecule has 0 aromatic rings. The lowest BCUT2D eigenvalue weighted by atomic mass is 10.5. The van der Waals surface area contributed by atoms with Crippen LogP contribution in [0.25, 0.3) is 0 Å². The first-order valence-electron chi connectivity index (χ1n) is 2.69. The molecular formula is C6H8F3NS. The molecule has 0 fully saturated rings.